The summed E-state index contributed by atoms with van der Waals surface area (Å²) < 4.78 is 5.10. The van der Waals surface area contributed by atoms with Gasteiger partial charge >= 0.3 is 5.97 Å². The van der Waals surface area contributed by atoms with Gasteiger partial charge in [-0.1, -0.05) is 12.1 Å². The summed E-state index contributed by atoms with van der Waals surface area (Å²) in [5, 5.41) is 0.587. The molecule has 1 heterocycles. The van der Waals surface area contributed by atoms with E-state index in [9.17, 15) is 9.59 Å². The Bertz CT molecular complexity index is 671. The van der Waals surface area contributed by atoms with Crippen molar-refractivity contribution in [2.75, 3.05) is 19.1 Å². The lowest BCUT2D eigenvalue weighted by atomic mass is 10.1. The van der Waals surface area contributed by atoms with Crippen molar-refractivity contribution >= 4 is 35.3 Å². The van der Waals surface area contributed by atoms with Crippen LogP contribution in [0.4, 0.5) is 0 Å². The Morgan fingerprint density at radius 3 is 2.45 bits per heavy atom. The minimum absolute atomic E-state index is 0.226. The van der Waals surface area contributed by atoms with Crippen LogP contribution in [0.3, 0.4) is 0 Å². The molecule has 114 valence electrons. The number of carbonyl (C=O) groups excluding carboxylic acids is 2. The molecule has 0 amide bonds. The van der Waals surface area contributed by atoms with Gasteiger partial charge in [-0.05, 0) is 36.8 Å². The highest BCUT2D eigenvalue weighted by atomic mass is 32.2. The van der Waals surface area contributed by atoms with E-state index in [1.54, 1.807) is 42.2 Å². The standard InChI is InChI=1S/C16H15NO3S2/c1-21-12-7-5-11(6-8-12)14(18)10-20-16(19)13-4-3-9-17-15(13)22-2/h3-9H,10H2,1-2H3. The molecule has 22 heavy (non-hydrogen) atoms. The zero-order valence-electron chi connectivity index (χ0n) is 12.2. The Morgan fingerprint density at radius 1 is 1.09 bits per heavy atom. The van der Waals surface area contributed by atoms with Gasteiger partial charge in [-0.25, -0.2) is 9.78 Å². The fourth-order valence-electron chi connectivity index (χ4n) is 1.78. The maximum Gasteiger partial charge on any atom is 0.341 e. The summed E-state index contributed by atoms with van der Waals surface area (Å²) in [6.07, 6.45) is 5.41. The molecule has 0 unspecified atom stereocenters. The smallest absolute Gasteiger partial charge is 0.341 e. The molecule has 0 aliphatic carbocycles. The number of nitrogens with zero attached hydrogens (tertiary/aromatic N) is 1. The number of ketones is 1. The van der Waals surface area contributed by atoms with Gasteiger partial charge in [0.1, 0.15) is 5.03 Å². The minimum atomic E-state index is -0.536. The van der Waals surface area contributed by atoms with Gasteiger partial charge in [0.25, 0.3) is 0 Å². The Morgan fingerprint density at radius 2 is 1.82 bits per heavy atom. The molecule has 0 N–H and O–H groups in total. The van der Waals surface area contributed by atoms with Gasteiger partial charge in [0.15, 0.2) is 12.4 Å². The fourth-order valence-corrected chi connectivity index (χ4v) is 2.72. The quantitative estimate of drug-likeness (QED) is 0.458. The van der Waals surface area contributed by atoms with Gasteiger partial charge < -0.3 is 4.74 Å². The molecule has 0 aliphatic heterocycles. The first-order chi connectivity index (χ1) is 10.7. The molecule has 2 aromatic rings. The molecule has 0 fully saturated rings. The number of ether oxygens (including phenoxy) is 1. The predicted molar refractivity (Wildman–Crippen MR) is 88.9 cm³/mol. The van der Waals surface area contributed by atoms with Crippen LogP contribution in [0.5, 0.6) is 0 Å². The molecule has 6 heteroatoms. The van der Waals surface area contributed by atoms with Crippen LogP contribution < -0.4 is 0 Å². The zero-order chi connectivity index (χ0) is 15.9. The number of thioether (sulfide) groups is 2. The SMILES string of the molecule is CSc1ccc(C(=O)COC(=O)c2cccnc2SC)cc1. The highest BCUT2D eigenvalue weighted by Gasteiger charge is 2.15. The van der Waals surface area contributed by atoms with Crippen molar-refractivity contribution in [1.29, 1.82) is 0 Å². The van der Waals surface area contributed by atoms with Crippen molar-refractivity contribution < 1.29 is 14.3 Å². The average molecular weight is 333 g/mol. The molecule has 1 aromatic heterocycles. The molecule has 0 bridgehead atoms. The van der Waals surface area contributed by atoms with E-state index in [0.29, 0.717) is 16.2 Å². The number of benzene rings is 1. The molecule has 2 rings (SSSR count). The van der Waals surface area contributed by atoms with Crippen molar-refractivity contribution in [1.82, 2.24) is 4.98 Å². The highest BCUT2D eigenvalue weighted by Crippen LogP contribution is 2.18. The monoisotopic (exact) mass is 333 g/mol. The highest BCUT2D eigenvalue weighted by molar-refractivity contribution is 7.98. The Kier molecular flexibility index (Phi) is 6.03. The molecule has 0 saturated carbocycles. The van der Waals surface area contributed by atoms with Crippen LogP contribution >= 0.6 is 23.5 Å². The summed E-state index contributed by atoms with van der Waals surface area (Å²) in [5.74, 6) is -0.762. The van der Waals surface area contributed by atoms with Crippen LogP contribution in [0.25, 0.3) is 0 Å². The lowest BCUT2D eigenvalue weighted by Gasteiger charge is -2.07. The molecule has 0 saturated heterocycles. The Labute approximate surface area is 137 Å². The maximum atomic E-state index is 12.0. The third kappa shape index (κ3) is 4.11. The summed E-state index contributed by atoms with van der Waals surface area (Å²) in [4.78, 5) is 29.2. The molecule has 4 nitrogen and oxygen atoms in total. The van der Waals surface area contributed by atoms with Gasteiger partial charge in [-0.2, -0.15) is 0 Å². The zero-order valence-corrected chi connectivity index (χ0v) is 13.9. The van der Waals surface area contributed by atoms with E-state index in [-0.39, 0.29) is 12.4 Å². The number of carbonyl (C=O) groups is 2. The number of esters is 1. The molecular formula is C16H15NO3S2. The second-order valence-electron chi connectivity index (χ2n) is 4.29. The van der Waals surface area contributed by atoms with Crippen molar-refractivity contribution in [2.24, 2.45) is 0 Å². The Balaban J connectivity index is 1.99. The summed E-state index contributed by atoms with van der Waals surface area (Å²) in [6, 6.07) is 10.5. The van der Waals surface area contributed by atoms with Crippen LogP contribution in [0.1, 0.15) is 20.7 Å². The first-order valence-corrected chi connectivity index (χ1v) is 8.94. The third-order valence-corrected chi connectivity index (χ3v) is 4.39. The van der Waals surface area contributed by atoms with E-state index >= 15 is 0 Å². The van der Waals surface area contributed by atoms with Crippen LogP contribution in [0, 0.1) is 0 Å². The first kappa shape index (κ1) is 16.6. The molecule has 0 spiro atoms. The van der Waals surface area contributed by atoms with Crippen LogP contribution in [-0.2, 0) is 4.74 Å². The van der Waals surface area contributed by atoms with Crippen molar-refractivity contribution in [3.8, 4) is 0 Å². The summed E-state index contributed by atoms with van der Waals surface area (Å²) >= 11 is 2.96. The van der Waals surface area contributed by atoms with Gasteiger partial charge in [0.05, 0.1) is 5.56 Å². The predicted octanol–water partition coefficient (Wildman–Crippen LogP) is 3.57. The molecule has 1 aromatic carbocycles. The van der Waals surface area contributed by atoms with Crippen LogP contribution in [0.15, 0.2) is 52.5 Å². The lowest BCUT2D eigenvalue weighted by molar-refractivity contribution is 0.0470. The maximum absolute atomic E-state index is 12.0. The van der Waals surface area contributed by atoms with Crippen molar-refractivity contribution in [2.45, 2.75) is 9.92 Å². The molecule has 0 radical (unpaired) electrons. The van der Waals surface area contributed by atoms with Gasteiger partial charge in [-0.3, -0.25) is 4.79 Å². The number of hydrogen-bond donors (Lipinski definition) is 0. The van der Waals surface area contributed by atoms with E-state index in [4.69, 9.17) is 4.74 Å². The number of aromatic nitrogens is 1. The normalized spacial score (nSPS) is 10.3. The van der Waals surface area contributed by atoms with Crippen molar-refractivity contribution in [3.63, 3.8) is 0 Å². The summed E-state index contributed by atoms with van der Waals surface area (Å²) in [5.41, 5.74) is 0.905. The number of Topliss-reactive ketones (excluding diaryl/α,β-unsaturated/α-hetero) is 1. The number of hydrogen-bond acceptors (Lipinski definition) is 6. The third-order valence-electron chi connectivity index (χ3n) is 2.93. The largest absolute Gasteiger partial charge is 0.454 e. The first-order valence-electron chi connectivity index (χ1n) is 6.49. The molecular weight excluding hydrogens is 318 g/mol. The molecule has 0 aliphatic rings. The minimum Gasteiger partial charge on any atom is -0.454 e. The summed E-state index contributed by atoms with van der Waals surface area (Å²) in [6.45, 7) is -0.278. The summed E-state index contributed by atoms with van der Waals surface area (Å²) in [7, 11) is 0. The lowest BCUT2D eigenvalue weighted by Crippen LogP contribution is -2.15. The van der Waals surface area contributed by atoms with Crippen LogP contribution in [0.2, 0.25) is 0 Å². The second-order valence-corrected chi connectivity index (χ2v) is 5.96. The fraction of sp³-hybridized carbons (Fsp3) is 0.188. The van der Waals surface area contributed by atoms with E-state index in [0.717, 1.165) is 4.90 Å². The van der Waals surface area contributed by atoms with E-state index in [1.807, 2.05) is 24.6 Å². The number of pyridine rings is 1. The van der Waals surface area contributed by atoms with E-state index < -0.39 is 5.97 Å². The van der Waals surface area contributed by atoms with Crippen LogP contribution in [-0.4, -0.2) is 35.9 Å². The van der Waals surface area contributed by atoms with E-state index in [2.05, 4.69) is 4.98 Å². The molecule has 0 atom stereocenters. The van der Waals surface area contributed by atoms with Crippen molar-refractivity contribution in [3.05, 3.63) is 53.7 Å². The number of rotatable bonds is 6. The van der Waals surface area contributed by atoms with Gasteiger partial charge in [0.2, 0.25) is 0 Å². The average Bonchev–Trinajstić information content (AvgIpc) is 2.59. The Hall–Kier alpha value is -1.79. The topological polar surface area (TPSA) is 56.3 Å². The van der Waals surface area contributed by atoms with Gasteiger partial charge in [-0.15, -0.1) is 23.5 Å². The second kappa shape index (κ2) is 8.00. The van der Waals surface area contributed by atoms with E-state index in [1.165, 1.54) is 11.8 Å². The van der Waals surface area contributed by atoms with Gasteiger partial charge in [0, 0.05) is 16.7 Å².